The summed E-state index contributed by atoms with van der Waals surface area (Å²) in [6, 6.07) is 14.1. The lowest BCUT2D eigenvalue weighted by Gasteiger charge is -2.35. The largest absolute Gasteiger partial charge is 0.323 e. The number of para-hydroxylation sites is 1. The highest BCUT2D eigenvalue weighted by molar-refractivity contribution is 7.89. The number of fused-ring (bicyclic) bond motifs is 1. The highest BCUT2D eigenvalue weighted by Gasteiger charge is 2.37. The number of amides is 1. The molecule has 0 aliphatic carbocycles. The van der Waals surface area contributed by atoms with Crippen molar-refractivity contribution in [3.8, 4) is 0 Å². The van der Waals surface area contributed by atoms with Crippen LogP contribution in [0, 0.1) is 0 Å². The highest BCUT2D eigenvalue weighted by Crippen LogP contribution is 2.27. The lowest BCUT2D eigenvalue weighted by atomic mass is 10.1. The zero-order valence-corrected chi connectivity index (χ0v) is 17.9. The van der Waals surface area contributed by atoms with Gasteiger partial charge in [-0.3, -0.25) is 4.79 Å². The fraction of sp³-hybridized carbons (Fsp3) is 0.381. The molecule has 2 aromatic carbocycles. The fourth-order valence-electron chi connectivity index (χ4n) is 4.18. The monoisotopic (exact) mass is 434 g/mol. The Morgan fingerprint density at radius 1 is 1.03 bits per heavy atom. The van der Waals surface area contributed by atoms with Gasteiger partial charge in [0, 0.05) is 17.3 Å². The summed E-state index contributed by atoms with van der Waals surface area (Å²) >= 11 is 5.87. The topological polar surface area (TPSA) is 62.1 Å². The average molecular weight is 435 g/mol. The molecule has 0 bridgehead atoms. The normalized spacial score (nSPS) is 19.2. The number of anilines is 1. The van der Waals surface area contributed by atoms with Gasteiger partial charge in [-0.2, -0.15) is 4.31 Å². The Bertz CT molecular complexity index is 1000. The molecule has 29 heavy (non-hydrogen) atoms. The molecule has 2 heterocycles. The molecule has 0 spiro atoms. The van der Waals surface area contributed by atoms with E-state index in [1.54, 1.807) is 12.1 Å². The van der Waals surface area contributed by atoms with E-state index in [1.165, 1.54) is 22.0 Å². The van der Waals surface area contributed by atoms with Gasteiger partial charge in [0.05, 0.1) is 31.1 Å². The number of halogens is 1. The van der Waals surface area contributed by atoms with Crippen LogP contribution in [0.1, 0.15) is 12.5 Å². The van der Waals surface area contributed by atoms with Gasteiger partial charge in [-0.25, -0.2) is 8.42 Å². The van der Waals surface area contributed by atoms with E-state index < -0.39 is 10.0 Å². The van der Waals surface area contributed by atoms with Gasteiger partial charge >= 0.3 is 0 Å². The molecule has 0 aromatic heterocycles. The van der Waals surface area contributed by atoms with Crippen molar-refractivity contribution in [2.24, 2.45) is 0 Å². The van der Waals surface area contributed by atoms with E-state index in [-0.39, 0.29) is 16.8 Å². The van der Waals surface area contributed by atoms with Crippen LogP contribution >= 0.6 is 11.6 Å². The van der Waals surface area contributed by atoms with Crippen LogP contribution in [-0.2, 0) is 21.2 Å². The summed E-state index contributed by atoms with van der Waals surface area (Å²) in [7, 11) is -3.54. The van der Waals surface area contributed by atoms with Crippen LogP contribution in [0.25, 0.3) is 0 Å². The summed E-state index contributed by atoms with van der Waals surface area (Å²) in [5, 5.41) is 0.508. The van der Waals surface area contributed by atoms with Crippen LogP contribution in [0.15, 0.2) is 53.4 Å². The molecule has 1 amide bonds. The van der Waals surface area contributed by atoms with E-state index in [0.717, 1.165) is 17.0 Å². The Morgan fingerprint density at radius 2 is 1.69 bits per heavy atom. The Kier molecular flexibility index (Phi) is 5.66. The molecule has 4 rings (SSSR count). The van der Waals surface area contributed by atoms with E-state index in [1.807, 2.05) is 30.0 Å². The van der Waals surface area contributed by atoms with Crippen LogP contribution in [0.4, 0.5) is 5.69 Å². The first-order chi connectivity index (χ1) is 13.9. The Balaban J connectivity index is 1.40. The summed E-state index contributed by atoms with van der Waals surface area (Å²) in [4.78, 5) is 16.4. The van der Waals surface area contributed by atoms with Gasteiger partial charge in [-0.1, -0.05) is 29.8 Å². The minimum absolute atomic E-state index is 0.110. The molecular formula is C21H25ClN3O3S+. The number of benzene rings is 2. The third kappa shape index (κ3) is 3.92. The molecule has 0 radical (unpaired) electrons. The summed E-state index contributed by atoms with van der Waals surface area (Å²) < 4.78 is 27.2. The lowest BCUT2D eigenvalue weighted by Crippen LogP contribution is -3.19. The van der Waals surface area contributed by atoms with Gasteiger partial charge in [0.1, 0.15) is 0 Å². The number of nitrogens with zero attached hydrogens (tertiary/aromatic N) is 2. The predicted molar refractivity (Wildman–Crippen MR) is 113 cm³/mol. The van der Waals surface area contributed by atoms with Crippen molar-refractivity contribution in [1.82, 2.24) is 4.31 Å². The van der Waals surface area contributed by atoms with E-state index >= 15 is 0 Å². The molecule has 1 N–H and O–H groups in total. The molecule has 0 unspecified atom stereocenters. The molecule has 1 saturated heterocycles. The molecular weight excluding hydrogens is 410 g/mol. The van der Waals surface area contributed by atoms with Crippen molar-refractivity contribution in [2.75, 3.05) is 37.6 Å². The quantitative estimate of drug-likeness (QED) is 0.786. The van der Waals surface area contributed by atoms with E-state index in [2.05, 4.69) is 6.07 Å². The summed E-state index contributed by atoms with van der Waals surface area (Å²) in [5.41, 5.74) is 2.22. The second-order valence-electron chi connectivity index (χ2n) is 7.61. The molecule has 8 heteroatoms. The molecule has 6 nitrogen and oxygen atoms in total. The Labute approximate surface area is 176 Å². The van der Waals surface area contributed by atoms with Crippen LogP contribution in [0.2, 0.25) is 5.02 Å². The highest BCUT2D eigenvalue weighted by atomic mass is 35.5. The van der Waals surface area contributed by atoms with Crippen molar-refractivity contribution in [3.63, 3.8) is 0 Å². The number of carbonyl (C=O) groups is 1. The minimum atomic E-state index is -3.54. The van der Waals surface area contributed by atoms with Gasteiger partial charge in [0.15, 0.2) is 6.04 Å². The number of hydrogen-bond donors (Lipinski definition) is 1. The summed E-state index contributed by atoms with van der Waals surface area (Å²) in [5.74, 6) is 0.110. The van der Waals surface area contributed by atoms with Gasteiger partial charge in [0.25, 0.3) is 5.91 Å². The third-order valence-electron chi connectivity index (χ3n) is 5.95. The Hall–Kier alpha value is -1.93. The van der Waals surface area contributed by atoms with E-state index in [9.17, 15) is 13.2 Å². The molecule has 2 aliphatic rings. The molecule has 0 saturated carbocycles. The van der Waals surface area contributed by atoms with Crippen LogP contribution in [0.5, 0.6) is 0 Å². The average Bonchev–Trinajstić information content (AvgIpc) is 3.17. The molecule has 154 valence electrons. The van der Waals surface area contributed by atoms with Gasteiger partial charge in [0.2, 0.25) is 10.0 Å². The number of hydrogen-bond acceptors (Lipinski definition) is 3. The smallest absolute Gasteiger partial charge is 0.284 e. The van der Waals surface area contributed by atoms with Crippen molar-refractivity contribution < 1.29 is 18.1 Å². The number of piperazine rings is 1. The van der Waals surface area contributed by atoms with Crippen molar-refractivity contribution >= 4 is 33.2 Å². The Morgan fingerprint density at radius 3 is 2.38 bits per heavy atom. The fourth-order valence-corrected chi connectivity index (χ4v) is 5.75. The SMILES string of the molecule is C[C@H](C(=O)N1CCc2ccccc21)[NH+]1CCN(S(=O)(=O)c2ccc(Cl)cc2)CC1. The maximum atomic E-state index is 13.1. The summed E-state index contributed by atoms with van der Waals surface area (Å²) in [6.07, 6.45) is 0.886. The molecule has 2 aliphatic heterocycles. The molecule has 2 aromatic rings. The van der Waals surface area contributed by atoms with Crippen molar-refractivity contribution in [2.45, 2.75) is 24.3 Å². The number of carbonyl (C=O) groups excluding carboxylic acids is 1. The lowest BCUT2D eigenvalue weighted by molar-refractivity contribution is -0.917. The van der Waals surface area contributed by atoms with Crippen LogP contribution < -0.4 is 9.80 Å². The van der Waals surface area contributed by atoms with Gasteiger partial charge < -0.3 is 9.80 Å². The zero-order valence-electron chi connectivity index (χ0n) is 16.3. The first kappa shape index (κ1) is 20.3. The predicted octanol–water partition coefficient (Wildman–Crippen LogP) is 1.21. The maximum Gasteiger partial charge on any atom is 0.284 e. The van der Waals surface area contributed by atoms with Crippen molar-refractivity contribution in [1.29, 1.82) is 0 Å². The van der Waals surface area contributed by atoms with E-state index in [0.29, 0.717) is 37.7 Å². The second-order valence-corrected chi connectivity index (χ2v) is 9.98. The van der Waals surface area contributed by atoms with Crippen LogP contribution in [-0.4, -0.2) is 57.4 Å². The summed E-state index contributed by atoms with van der Waals surface area (Å²) in [6.45, 7) is 4.67. The number of nitrogens with one attached hydrogen (secondary N) is 1. The first-order valence-electron chi connectivity index (χ1n) is 9.87. The van der Waals surface area contributed by atoms with Gasteiger partial charge in [-0.15, -0.1) is 0 Å². The van der Waals surface area contributed by atoms with Crippen molar-refractivity contribution in [3.05, 3.63) is 59.1 Å². The molecule has 1 fully saturated rings. The first-order valence-corrected chi connectivity index (χ1v) is 11.7. The molecule has 1 atom stereocenters. The maximum absolute atomic E-state index is 13.1. The number of rotatable bonds is 4. The third-order valence-corrected chi connectivity index (χ3v) is 8.12. The zero-order chi connectivity index (χ0) is 20.6. The number of sulfonamides is 1. The number of quaternary nitrogens is 1. The van der Waals surface area contributed by atoms with E-state index in [4.69, 9.17) is 11.6 Å². The minimum Gasteiger partial charge on any atom is -0.323 e. The second kappa shape index (κ2) is 8.07. The van der Waals surface area contributed by atoms with Gasteiger partial charge in [-0.05, 0) is 49.2 Å². The standard InChI is InChI=1S/C21H24ClN3O3S/c1-16(21(26)25-11-10-17-4-2-3-5-20(17)25)23-12-14-24(15-13-23)29(27,28)19-8-6-18(22)7-9-19/h2-9,16H,10-15H2,1H3/p+1/t16-/m1/s1. The van der Waals surface area contributed by atoms with Crippen LogP contribution in [0.3, 0.4) is 0 Å².